The van der Waals surface area contributed by atoms with Gasteiger partial charge in [-0.1, -0.05) is 11.6 Å². The van der Waals surface area contributed by atoms with Gasteiger partial charge in [0.1, 0.15) is 10.8 Å². The quantitative estimate of drug-likeness (QED) is 0.508. The van der Waals surface area contributed by atoms with E-state index in [1.165, 1.54) is 0 Å². The van der Waals surface area contributed by atoms with Crippen LogP contribution in [0.4, 0.5) is 0 Å². The molecule has 3 aromatic heterocycles. The van der Waals surface area contributed by atoms with Gasteiger partial charge in [-0.15, -0.1) is 0 Å². The van der Waals surface area contributed by atoms with Crippen LogP contribution in [0.5, 0.6) is 0 Å². The Morgan fingerprint density at radius 3 is 3.10 bits per heavy atom. The lowest BCUT2D eigenvalue weighted by Crippen LogP contribution is -2.16. The van der Waals surface area contributed by atoms with E-state index in [4.69, 9.17) is 16.2 Å². The molecule has 0 bridgehead atoms. The summed E-state index contributed by atoms with van der Waals surface area (Å²) in [4.78, 5) is 11.5. The summed E-state index contributed by atoms with van der Waals surface area (Å²) in [6.45, 7) is 0.150. The number of hydrogen-bond acceptors (Lipinski definition) is 3. The van der Waals surface area contributed by atoms with Crippen molar-refractivity contribution in [3.05, 3.63) is 47.5 Å². The summed E-state index contributed by atoms with van der Waals surface area (Å²) in [5.74, 6) is 0. The largest absolute Gasteiger partial charge is 0.346 e. The van der Waals surface area contributed by atoms with Crippen LogP contribution in [0.25, 0.3) is 22.2 Å². The Balaban J connectivity index is 2.03. The zero-order valence-electron chi connectivity index (χ0n) is 10.7. The SMILES string of the molecule is O=S(O)NCc1cc(-c2c[nH]c3ncccc23)cc(Cl)n1. The average molecular weight is 323 g/mol. The van der Waals surface area contributed by atoms with Crippen molar-refractivity contribution in [2.75, 3.05) is 0 Å². The van der Waals surface area contributed by atoms with Crippen LogP contribution in [-0.4, -0.2) is 23.7 Å². The van der Waals surface area contributed by atoms with E-state index in [1.54, 1.807) is 12.3 Å². The van der Waals surface area contributed by atoms with Crippen molar-refractivity contribution >= 4 is 33.9 Å². The molecule has 8 heteroatoms. The van der Waals surface area contributed by atoms with Crippen LogP contribution < -0.4 is 4.72 Å². The van der Waals surface area contributed by atoms with Crippen LogP contribution >= 0.6 is 11.6 Å². The van der Waals surface area contributed by atoms with Gasteiger partial charge in [-0.05, 0) is 29.8 Å². The second-order valence-corrected chi connectivity index (χ2v) is 5.52. The van der Waals surface area contributed by atoms with Gasteiger partial charge in [0.2, 0.25) is 11.3 Å². The van der Waals surface area contributed by atoms with Gasteiger partial charge in [0.25, 0.3) is 0 Å². The first-order chi connectivity index (χ1) is 10.1. The molecule has 0 spiro atoms. The maximum atomic E-state index is 10.7. The molecule has 3 N–H and O–H groups in total. The molecule has 0 saturated heterocycles. The number of aromatic nitrogens is 3. The van der Waals surface area contributed by atoms with Crippen LogP contribution in [0.2, 0.25) is 5.15 Å². The molecule has 0 saturated carbocycles. The molecule has 0 amide bonds. The molecule has 6 nitrogen and oxygen atoms in total. The maximum Gasteiger partial charge on any atom is 0.232 e. The van der Waals surface area contributed by atoms with Crippen molar-refractivity contribution in [3.8, 4) is 11.1 Å². The monoisotopic (exact) mass is 322 g/mol. The first kappa shape index (κ1) is 14.2. The summed E-state index contributed by atoms with van der Waals surface area (Å²) in [5.41, 5.74) is 3.19. The molecule has 1 atom stereocenters. The highest BCUT2D eigenvalue weighted by molar-refractivity contribution is 7.77. The lowest BCUT2D eigenvalue weighted by molar-refractivity contribution is 0.548. The van der Waals surface area contributed by atoms with Crippen LogP contribution in [0.1, 0.15) is 5.69 Å². The van der Waals surface area contributed by atoms with Crippen molar-refractivity contribution < 1.29 is 8.76 Å². The molecule has 0 fully saturated rings. The Labute approximate surface area is 128 Å². The molecule has 108 valence electrons. The van der Waals surface area contributed by atoms with Gasteiger partial charge in [0.05, 0.1) is 12.2 Å². The van der Waals surface area contributed by atoms with E-state index in [9.17, 15) is 4.21 Å². The molecule has 21 heavy (non-hydrogen) atoms. The highest BCUT2D eigenvalue weighted by atomic mass is 35.5. The van der Waals surface area contributed by atoms with E-state index in [0.29, 0.717) is 10.8 Å². The third-order valence-electron chi connectivity index (χ3n) is 2.99. The Kier molecular flexibility index (Phi) is 3.98. The molecule has 0 aliphatic rings. The van der Waals surface area contributed by atoms with E-state index >= 15 is 0 Å². The minimum Gasteiger partial charge on any atom is -0.346 e. The summed E-state index contributed by atoms with van der Waals surface area (Å²) < 4.78 is 21.8. The number of fused-ring (bicyclic) bond motifs is 1. The number of halogens is 1. The number of H-pyrrole nitrogens is 1. The van der Waals surface area contributed by atoms with Crippen LogP contribution in [0.15, 0.2) is 36.7 Å². The molecule has 3 heterocycles. The Morgan fingerprint density at radius 1 is 1.43 bits per heavy atom. The Morgan fingerprint density at radius 2 is 2.29 bits per heavy atom. The first-order valence-electron chi connectivity index (χ1n) is 6.07. The van der Waals surface area contributed by atoms with Gasteiger partial charge in [0.15, 0.2) is 0 Å². The Bertz CT molecular complexity index is 821. The molecule has 0 radical (unpaired) electrons. The van der Waals surface area contributed by atoms with E-state index in [-0.39, 0.29) is 6.54 Å². The van der Waals surface area contributed by atoms with E-state index in [0.717, 1.165) is 22.2 Å². The second kappa shape index (κ2) is 5.90. The van der Waals surface area contributed by atoms with Crippen molar-refractivity contribution in [3.63, 3.8) is 0 Å². The smallest absolute Gasteiger partial charge is 0.232 e. The average Bonchev–Trinajstić information content (AvgIpc) is 2.88. The fourth-order valence-corrected chi connectivity index (χ4v) is 2.63. The van der Waals surface area contributed by atoms with Crippen molar-refractivity contribution in [2.24, 2.45) is 0 Å². The summed E-state index contributed by atoms with van der Waals surface area (Å²) in [7, 11) is 0. The zero-order valence-corrected chi connectivity index (χ0v) is 12.3. The fourth-order valence-electron chi connectivity index (χ4n) is 2.13. The molecule has 0 aliphatic carbocycles. The van der Waals surface area contributed by atoms with Gasteiger partial charge >= 0.3 is 0 Å². The number of hydrogen-bond donors (Lipinski definition) is 3. The molecular formula is C13H11ClN4O2S. The molecule has 0 aliphatic heterocycles. The minimum absolute atomic E-state index is 0.150. The summed E-state index contributed by atoms with van der Waals surface area (Å²) >= 11 is 3.94. The summed E-state index contributed by atoms with van der Waals surface area (Å²) in [6, 6.07) is 7.39. The molecule has 0 aromatic carbocycles. The molecule has 3 rings (SSSR count). The number of rotatable bonds is 4. The van der Waals surface area contributed by atoms with Gasteiger partial charge in [-0.2, -0.15) is 0 Å². The second-order valence-electron chi connectivity index (χ2n) is 4.34. The predicted molar refractivity (Wildman–Crippen MR) is 81.9 cm³/mol. The first-order valence-corrected chi connectivity index (χ1v) is 7.55. The highest BCUT2D eigenvalue weighted by Gasteiger charge is 2.09. The highest BCUT2D eigenvalue weighted by Crippen LogP contribution is 2.29. The third kappa shape index (κ3) is 3.11. The molecule has 1 unspecified atom stereocenters. The third-order valence-corrected chi connectivity index (χ3v) is 3.57. The van der Waals surface area contributed by atoms with Gasteiger partial charge in [-0.3, -0.25) is 4.55 Å². The standard InChI is InChI=1S/C13H11ClN4O2S/c14-12-5-8(4-9(18-12)6-17-21(19)20)11-7-16-13-10(11)2-1-3-15-13/h1-5,7,17H,6H2,(H,15,16)(H,19,20). The summed E-state index contributed by atoms with van der Waals surface area (Å²) in [6.07, 6.45) is 3.57. The van der Waals surface area contributed by atoms with Crippen LogP contribution in [-0.2, 0) is 17.8 Å². The topological polar surface area (TPSA) is 90.9 Å². The Hall–Kier alpha value is -1.80. The number of nitrogens with one attached hydrogen (secondary N) is 2. The maximum absolute atomic E-state index is 10.7. The van der Waals surface area contributed by atoms with Crippen LogP contribution in [0.3, 0.4) is 0 Å². The molecular weight excluding hydrogens is 312 g/mol. The van der Waals surface area contributed by atoms with Crippen molar-refractivity contribution in [2.45, 2.75) is 6.54 Å². The van der Waals surface area contributed by atoms with Crippen molar-refractivity contribution in [1.29, 1.82) is 0 Å². The molecule has 3 aromatic rings. The van der Waals surface area contributed by atoms with E-state index in [1.807, 2.05) is 24.4 Å². The van der Waals surface area contributed by atoms with E-state index < -0.39 is 11.3 Å². The zero-order chi connectivity index (χ0) is 14.8. The lowest BCUT2D eigenvalue weighted by atomic mass is 10.1. The number of nitrogens with zero attached hydrogens (tertiary/aromatic N) is 2. The van der Waals surface area contributed by atoms with Crippen molar-refractivity contribution in [1.82, 2.24) is 19.7 Å². The van der Waals surface area contributed by atoms with E-state index in [2.05, 4.69) is 19.7 Å². The van der Waals surface area contributed by atoms with Gasteiger partial charge in [-0.25, -0.2) is 18.9 Å². The summed E-state index contributed by atoms with van der Waals surface area (Å²) in [5, 5.41) is 1.30. The fraction of sp³-hybridized carbons (Fsp3) is 0.0769. The van der Waals surface area contributed by atoms with Gasteiger partial charge < -0.3 is 4.98 Å². The van der Waals surface area contributed by atoms with Gasteiger partial charge in [0, 0.05) is 23.3 Å². The number of pyridine rings is 2. The normalized spacial score (nSPS) is 12.7. The minimum atomic E-state index is -2.09. The number of aromatic amines is 1. The predicted octanol–water partition coefficient (Wildman–Crippen LogP) is 2.50. The van der Waals surface area contributed by atoms with Crippen LogP contribution in [0, 0.1) is 0 Å². The lowest BCUT2D eigenvalue weighted by Gasteiger charge is -2.05.